The lowest BCUT2D eigenvalue weighted by atomic mass is 9.91. The predicted molar refractivity (Wildman–Crippen MR) is 79.4 cm³/mol. The Hall–Kier alpha value is -1.55. The van der Waals surface area contributed by atoms with E-state index in [1.165, 1.54) is 42.5 Å². The van der Waals surface area contributed by atoms with Crippen LogP contribution in [0.5, 0.6) is 0 Å². The van der Waals surface area contributed by atoms with Gasteiger partial charge in [0.2, 0.25) is 0 Å². The van der Waals surface area contributed by atoms with Gasteiger partial charge < -0.3 is 10.0 Å². The van der Waals surface area contributed by atoms with E-state index in [4.69, 9.17) is 5.11 Å². The molecule has 0 amide bonds. The highest BCUT2D eigenvalue weighted by molar-refractivity contribution is 5.69. The zero-order valence-corrected chi connectivity index (χ0v) is 11.8. The van der Waals surface area contributed by atoms with E-state index in [0.717, 1.165) is 26.2 Å². The van der Waals surface area contributed by atoms with E-state index in [1.54, 1.807) is 0 Å². The molecule has 0 radical (unpaired) electrons. The first kappa shape index (κ1) is 13.4. The highest BCUT2D eigenvalue weighted by Gasteiger charge is 2.19. The maximum atomic E-state index is 10.7. The maximum absolute atomic E-state index is 10.7. The number of rotatable bonds is 3. The average molecular weight is 274 g/mol. The van der Waals surface area contributed by atoms with Crippen molar-refractivity contribution < 1.29 is 9.90 Å². The van der Waals surface area contributed by atoms with Gasteiger partial charge >= 0.3 is 5.97 Å². The van der Waals surface area contributed by atoms with E-state index in [0.29, 0.717) is 0 Å². The van der Waals surface area contributed by atoms with Crippen molar-refractivity contribution >= 4 is 11.7 Å². The molecule has 0 saturated carbocycles. The van der Waals surface area contributed by atoms with Crippen LogP contribution in [0.2, 0.25) is 0 Å². The highest BCUT2D eigenvalue weighted by atomic mass is 16.4. The Labute approximate surface area is 120 Å². The molecule has 1 saturated heterocycles. The van der Waals surface area contributed by atoms with Gasteiger partial charge in [0.15, 0.2) is 0 Å². The minimum atomic E-state index is -0.729. The Balaban J connectivity index is 1.64. The summed E-state index contributed by atoms with van der Waals surface area (Å²) in [5.41, 5.74) is 4.34. The second-order valence-electron chi connectivity index (χ2n) is 5.82. The number of hydrogen-bond donors (Lipinski definition) is 1. The summed E-state index contributed by atoms with van der Waals surface area (Å²) in [7, 11) is 0. The van der Waals surface area contributed by atoms with Crippen molar-refractivity contribution in [3.8, 4) is 0 Å². The highest BCUT2D eigenvalue weighted by Crippen LogP contribution is 2.26. The molecule has 0 bridgehead atoms. The second kappa shape index (κ2) is 5.83. The third-order valence-electron chi connectivity index (χ3n) is 4.43. The molecule has 1 fully saturated rings. The smallest absolute Gasteiger partial charge is 0.317 e. The number of anilines is 1. The largest absolute Gasteiger partial charge is 0.480 e. The Morgan fingerprint density at radius 1 is 1.05 bits per heavy atom. The molecule has 108 valence electrons. The van der Waals surface area contributed by atoms with Gasteiger partial charge in [0, 0.05) is 31.9 Å². The number of hydrogen-bond acceptors (Lipinski definition) is 3. The van der Waals surface area contributed by atoms with Gasteiger partial charge in [-0.2, -0.15) is 0 Å². The van der Waals surface area contributed by atoms with E-state index < -0.39 is 5.97 Å². The first-order valence-electron chi connectivity index (χ1n) is 7.53. The van der Waals surface area contributed by atoms with Gasteiger partial charge in [-0.15, -0.1) is 0 Å². The standard InChI is InChI=1S/C16H22N2O2/c19-16(20)12-17-7-9-18(10-8-17)15-6-5-13-3-1-2-4-14(13)11-15/h5-6,11H,1-4,7-10,12H2,(H,19,20). The predicted octanol–water partition coefficient (Wildman–Crippen LogP) is 1.77. The molecule has 1 N–H and O–H groups in total. The summed E-state index contributed by atoms with van der Waals surface area (Å²) >= 11 is 0. The van der Waals surface area contributed by atoms with Crippen LogP contribution in [-0.2, 0) is 17.6 Å². The molecule has 20 heavy (non-hydrogen) atoms. The van der Waals surface area contributed by atoms with Gasteiger partial charge in [0.1, 0.15) is 0 Å². The average Bonchev–Trinajstić information content (AvgIpc) is 2.47. The van der Waals surface area contributed by atoms with E-state index in [-0.39, 0.29) is 6.54 Å². The van der Waals surface area contributed by atoms with Gasteiger partial charge in [0.25, 0.3) is 0 Å². The second-order valence-corrected chi connectivity index (χ2v) is 5.82. The minimum Gasteiger partial charge on any atom is -0.480 e. The van der Waals surface area contributed by atoms with E-state index in [2.05, 4.69) is 23.1 Å². The maximum Gasteiger partial charge on any atom is 0.317 e. The molecule has 3 rings (SSSR count). The van der Waals surface area contributed by atoms with Crippen molar-refractivity contribution in [2.75, 3.05) is 37.6 Å². The van der Waals surface area contributed by atoms with Crippen LogP contribution in [0.25, 0.3) is 0 Å². The van der Waals surface area contributed by atoms with E-state index in [9.17, 15) is 4.79 Å². The summed E-state index contributed by atoms with van der Waals surface area (Å²) in [6.45, 7) is 3.68. The molecule has 0 unspecified atom stereocenters. The van der Waals surface area contributed by atoms with Crippen LogP contribution >= 0.6 is 0 Å². The van der Waals surface area contributed by atoms with Crippen molar-refractivity contribution in [3.63, 3.8) is 0 Å². The topological polar surface area (TPSA) is 43.8 Å². The third kappa shape index (κ3) is 2.96. The van der Waals surface area contributed by atoms with Crippen molar-refractivity contribution in [2.45, 2.75) is 25.7 Å². The van der Waals surface area contributed by atoms with Crippen LogP contribution in [-0.4, -0.2) is 48.7 Å². The minimum absolute atomic E-state index is 0.165. The first-order chi connectivity index (χ1) is 9.72. The molecule has 4 nitrogen and oxygen atoms in total. The number of benzene rings is 1. The molecule has 1 aromatic rings. The SMILES string of the molecule is O=C(O)CN1CCN(c2ccc3c(c2)CCCC3)CC1. The fraction of sp³-hybridized carbons (Fsp3) is 0.562. The van der Waals surface area contributed by atoms with Gasteiger partial charge in [-0.3, -0.25) is 9.69 Å². The molecule has 0 spiro atoms. The van der Waals surface area contributed by atoms with Gasteiger partial charge in [-0.25, -0.2) is 0 Å². The monoisotopic (exact) mass is 274 g/mol. The van der Waals surface area contributed by atoms with E-state index >= 15 is 0 Å². The van der Waals surface area contributed by atoms with Crippen LogP contribution < -0.4 is 4.90 Å². The van der Waals surface area contributed by atoms with Gasteiger partial charge in [-0.1, -0.05) is 6.07 Å². The molecule has 2 aliphatic rings. The lowest BCUT2D eigenvalue weighted by Crippen LogP contribution is -2.48. The molecule has 1 heterocycles. The summed E-state index contributed by atoms with van der Waals surface area (Å²) < 4.78 is 0. The quantitative estimate of drug-likeness (QED) is 0.912. The summed E-state index contributed by atoms with van der Waals surface area (Å²) in [5, 5.41) is 8.83. The Morgan fingerprint density at radius 3 is 2.45 bits per heavy atom. The van der Waals surface area contributed by atoms with Crippen LogP contribution in [0.3, 0.4) is 0 Å². The van der Waals surface area contributed by atoms with Crippen LogP contribution in [0.4, 0.5) is 5.69 Å². The first-order valence-corrected chi connectivity index (χ1v) is 7.53. The number of carboxylic acid groups (broad SMARTS) is 1. The number of piperazine rings is 1. The zero-order chi connectivity index (χ0) is 13.9. The van der Waals surface area contributed by atoms with Gasteiger partial charge in [-0.05, 0) is 48.9 Å². The molecular formula is C16H22N2O2. The number of fused-ring (bicyclic) bond motifs is 1. The molecule has 4 heteroatoms. The van der Waals surface area contributed by atoms with Gasteiger partial charge in [0.05, 0.1) is 6.54 Å². The summed E-state index contributed by atoms with van der Waals surface area (Å²) in [4.78, 5) is 15.1. The lowest BCUT2D eigenvalue weighted by molar-refractivity contribution is -0.138. The summed E-state index contributed by atoms with van der Waals surface area (Å²) in [5.74, 6) is -0.729. The van der Waals surface area contributed by atoms with Crippen LogP contribution in [0.15, 0.2) is 18.2 Å². The molecule has 1 aromatic carbocycles. The zero-order valence-electron chi connectivity index (χ0n) is 11.8. The molecule has 0 aromatic heterocycles. The summed E-state index contributed by atoms with van der Waals surface area (Å²) in [6, 6.07) is 6.87. The fourth-order valence-electron chi connectivity index (χ4n) is 3.27. The van der Waals surface area contributed by atoms with Crippen molar-refractivity contribution in [1.29, 1.82) is 0 Å². The lowest BCUT2D eigenvalue weighted by Gasteiger charge is -2.35. The molecule has 1 aliphatic heterocycles. The number of carbonyl (C=O) groups is 1. The van der Waals surface area contributed by atoms with Crippen molar-refractivity contribution in [2.24, 2.45) is 0 Å². The van der Waals surface area contributed by atoms with E-state index in [1.807, 2.05) is 4.90 Å². The molecule has 1 aliphatic carbocycles. The summed E-state index contributed by atoms with van der Waals surface area (Å²) in [6.07, 6.45) is 5.06. The van der Waals surface area contributed by atoms with Crippen LogP contribution in [0.1, 0.15) is 24.0 Å². The van der Waals surface area contributed by atoms with Crippen molar-refractivity contribution in [3.05, 3.63) is 29.3 Å². The Bertz CT molecular complexity index is 493. The molecular weight excluding hydrogens is 252 g/mol. The van der Waals surface area contributed by atoms with Crippen molar-refractivity contribution in [1.82, 2.24) is 4.90 Å². The molecule has 0 atom stereocenters. The van der Waals surface area contributed by atoms with Crippen LogP contribution in [0, 0.1) is 0 Å². The normalized spacial score (nSPS) is 19.7. The number of carboxylic acids is 1. The number of nitrogens with zero attached hydrogens (tertiary/aromatic N) is 2. The number of aryl methyl sites for hydroxylation is 2. The fourth-order valence-corrected chi connectivity index (χ4v) is 3.27. The third-order valence-corrected chi connectivity index (χ3v) is 4.43. The Kier molecular flexibility index (Phi) is 3.92. The number of aliphatic carboxylic acids is 1. The Morgan fingerprint density at radius 2 is 1.75 bits per heavy atom.